The molecular weight excluding hydrogens is 835 g/mol. The van der Waals surface area contributed by atoms with Gasteiger partial charge in [0, 0.05) is 33.5 Å². The number of benzene rings is 12. The average Bonchev–Trinajstić information content (AvgIpc) is 3.42. The highest BCUT2D eigenvalue weighted by atomic mass is 15.1. The minimum atomic E-state index is 0.618. The van der Waals surface area contributed by atoms with Crippen LogP contribution in [0.25, 0.3) is 76.8 Å². The van der Waals surface area contributed by atoms with Gasteiger partial charge in [0.25, 0.3) is 0 Å². The van der Waals surface area contributed by atoms with E-state index in [1.807, 2.05) is 12.1 Å². The van der Waals surface area contributed by atoms with E-state index < -0.39 is 0 Å². The first-order valence-electron chi connectivity index (χ1n) is 23.5. The van der Waals surface area contributed by atoms with E-state index >= 15 is 0 Å². The topological polar surface area (TPSA) is 30.3 Å². The van der Waals surface area contributed by atoms with E-state index in [2.05, 4.69) is 265 Å². The van der Waals surface area contributed by atoms with E-state index in [1.54, 1.807) is 0 Å². The first kappa shape index (κ1) is 41.2. The summed E-state index contributed by atoms with van der Waals surface area (Å²) in [5.74, 6) is 0. The number of hydrogen-bond acceptors (Lipinski definition) is 3. The summed E-state index contributed by atoms with van der Waals surface area (Å²) in [5, 5.41) is 17.0. The monoisotopic (exact) mass is 879 g/mol. The van der Waals surface area contributed by atoms with Gasteiger partial charge in [0.15, 0.2) is 0 Å². The predicted molar refractivity (Wildman–Crippen MR) is 291 cm³/mol. The van der Waals surface area contributed by atoms with Crippen molar-refractivity contribution in [2.24, 2.45) is 0 Å². The van der Waals surface area contributed by atoms with Gasteiger partial charge in [-0.3, -0.25) is 0 Å². The Kier molecular flexibility index (Phi) is 10.5. The van der Waals surface area contributed by atoms with Crippen molar-refractivity contribution in [3.05, 3.63) is 266 Å². The second kappa shape index (κ2) is 17.5. The van der Waals surface area contributed by atoms with Crippen molar-refractivity contribution in [3.8, 4) is 50.6 Å². The Bertz CT molecular complexity index is 3710. The number of rotatable bonds is 10. The average molecular weight is 880 g/mol. The lowest BCUT2D eigenvalue weighted by atomic mass is 9.91. The fraction of sp³-hybridized carbons (Fsp3) is 0.0152. The predicted octanol–water partition coefficient (Wildman–Crippen LogP) is 18.4. The van der Waals surface area contributed by atoms with Crippen LogP contribution in [-0.4, -0.2) is 0 Å². The third kappa shape index (κ3) is 7.71. The molecule has 0 unspecified atom stereocenters. The molecule has 324 valence electrons. The third-order valence-corrected chi connectivity index (χ3v) is 13.4. The van der Waals surface area contributed by atoms with Crippen LogP contribution in [0.1, 0.15) is 11.1 Å². The highest BCUT2D eigenvalue weighted by Gasteiger charge is 2.23. The lowest BCUT2D eigenvalue weighted by Crippen LogP contribution is -2.12. The minimum absolute atomic E-state index is 0.618. The molecule has 12 aromatic carbocycles. The van der Waals surface area contributed by atoms with Crippen LogP contribution in [0.2, 0.25) is 0 Å². The number of anilines is 6. The van der Waals surface area contributed by atoms with Gasteiger partial charge in [-0.15, -0.1) is 0 Å². The molecule has 0 radical (unpaired) electrons. The quantitative estimate of drug-likeness (QED) is 0.128. The van der Waals surface area contributed by atoms with E-state index in [0.29, 0.717) is 5.56 Å². The molecule has 0 saturated heterocycles. The van der Waals surface area contributed by atoms with Gasteiger partial charge in [-0.25, -0.2) is 0 Å². The van der Waals surface area contributed by atoms with Crippen molar-refractivity contribution >= 4 is 66.4 Å². The maximum atomic E-state index is 9.91. The zero-order valence-electron chi connectivity index (χ0n) is 38.1. The van der Waals surface area contributed by atoms with Crippen molar-refractivity contribution in [1.82, 2.24) is 0 Å². The van der Waals surface area contributed by atoms with Gasteiger partial charge in [0.1, 0.15) is 0 Å². The normalized spacial score (nSPS) is 11.2. The van der Waals surface area contributed by atoms with Crippen molar-refractivity contribution in [2.75, 3.05) is 9.80 Å². The third-order valence-electron chi connectivity index (χ3n) is 13.4. The van der Waals surface area contributed by atoms with Crippen LogP contribution in [0.3, 0.4) is 0 Å². The Hall–Kier alpha value is -9.23. The fourth-order valence-electron chi connectivity index (χ4n) is 10.1. The van der Waals surface area contributed by atoms with Crippen LogP contribution in [0.15, 0.2) is 255 Å². The molecule has 3 nitrogen and oxygen atoms in total. The Labute approximate surface area is 403 Å². The molecular formula is C66H45N3. The molecule has 0 amide bonds. The largest absolute Gasteiger partial charge is 0.310 e. The van der Waals surface area contributed by atoms with Crippen molar-refractivity contribution in [1.29, 1.82) is 5.26 Å². The number of hydrogen-bond donors (Lipinski definition) is 0. The van der Waals surface area contributed by atoms with Crippen LogP contribution in [-0.2, 0) is 0 Å². The maximum Gasteiger partial charge on any atom is 0.0991 e. The molecule has 0 aliphatic rings. The van der Waals surface area contributed by atoms with E-state index in [0.717, 1.165) is 78.3 Å². The van der Waals surface area contributed by atoms with E-state index in [1.165, 1.54) is 38.2 Å². The zero-order chi connectivity index (χ0) is 46.3. The summed E-state index contributed by atoms with van der Waals surface area (Å²) in [6.45, 7) is 2.15. The van der Waals surface area contributed by atoms with Crippen LogP contribution < -0.4 is 9.80 Å². The SMILES string of the molecule is Cc1ccc(N(c2cc(-c3ccccc3)cc(-c3ccccc3)c2)c2ccc3ccc4c(N(c5ccc(C#N)cc5)c5cc(-c6ccccc6)cc(-c6ccccc6)c5)ccc5ccc2c3c54)cc1. The van der Waals surface area contributed by atoms with E-state index in [9.17, 15) is 5.26 Å². The van der Waals surface area contributed by atoms with Crippen molar-refractivity contribution in [3.63, 3.8) is 0 Å². The summed E-state index contributed by atoms with van der Waals surface area (Å²) < 4.78 is 0. The molecule has 0 aliphatic heterocycles. The Balaban J connectivity index is 1.10. The number of nitrogens with zero attached hydrogens (tertiary/aromatic N) is 3. The van der Waals surface area contributed by atoms with Crippen LogP contribution >= 0.6 is 0 Å². The lowest BCUT2D eigenvalue weighted by Gasteiger charge is -2.30. The van der Waals surface area contributed by atoms with E-state index in [4.69, 9.17) is 0 Å². The van der Waals surface area contributed by atoms with Crippen LogP contribution in [0.5, 0.6) is 0 Å². The summed E-state index contributed by atoms with van der Waals surface area (Å²) in [7, 11) is 0. The molecule has 0 aliphatic carbocycles. The van der Waals surface area contributed by atoms with Gasteiger partial charge >= 0.3 is 0 Å². The second-order valence-corrected chi connectivity index (χ2v) is 17.8. The van der Waals surface area contributed by atoms with Crippen LogP contribution in [0, 0.1) is 18.3 Å². The van der Waals surface area contributed by atoms with Crippen molar-refractivity contribution in [2.45, 2.75) is 6.92 Å². The molecule has 0 aromatic heterocycles. The van der Waals surface area contributed by atoms with Crippen LogP contribution in [0.4, 0.5) is 34.1 Å². The van der Waals surface area contributed by atoms with Gasteiger partial charge in [-0.05, 0) is 158 Å². The summed E-state index contributed by atoms with van der Waals surface area (Å²) >= 11 is 0. The molecule has 3 heteroatoms. The Morgan fingerprint density at radius 2 is 0.638 bits per heavy atom. The molecule has 12 rings (SSSR count). The molecule has 0 saturated carbocycles. The lowest BCUT2D eigenvalue weighted by molar-refractivity contribution is 1.29. The minimum Gasteiger partial charge on any atom is -0.310 e. The maximum absolute atomic E-state index is 9.91. The Morgan fingerprint density at radius 1 is 0.304 bits per heavy atom. The van der Waals surface area contributed by atoms with Gasteiger partial charge in [0.05, 0.1) is 23.0 Å². The molecule has 0 spiro atoms. The number of aryl methyl sites for hydroxylation is 1. The molecule has 0 fully saturated rings. The van der Waals surface area contributed by atoms with Gasteiger partial charge in [-0.2, -0.15) is 5.26 Å². The summed E-state index contributed by atoms with van der Waals surface area (Å²) in [6.07, 6.45) is 0. The highest BCUT2D eigenvalue weighted by Crippen LogP contribution is 2.49. The summed E-state index contributed by atoms with van der Waals surface area (Å²) in [5.41, 5.74) is 17.3. The molecule has 69 heavy (non-hydrogen) atoms. The van der Waals surface area contributed by atoms with E-state index in [-0.39, 0.29) is 0 Å². The van der Waals surface area contributed by atoms with Gasteiger partial charge < -0.3 is 9.80 Å². The highest BCUT2D eigenvalue weighted by molar-refractivity contribution is 6.28. The molecule has 0 N–H and O–H groups in total. The second-order valence-electron chi connectivity index (χ2n) is 17.8. The first-order chi connectivity index (χ1) is 34.1. The summed E-state index contributed by atoms with van der Waals surface area (Å²) in [4.78, 5) is 4.81. The molecule has 0 heterocycles. The summed E-state index contributed by atoms with van der Waals surface area (Å²) in [6, 6.07) is 93.9. The number of nitriles is 1. The van der Waals surface area contributed by atoms with Gasteiger partial charge in [0.2, 0.25) is 0 Å². The molecule has 0 bridgehead atoms. The molecule has 0 atom stereocenters. The molecule has 12 aromatic rings. The fourth-order valence-corrected chi connectivity index (χ4v) is 10.1. The zero-order valence-corrected chi connectivity index (χ0v) is 38.1. The Morgan fingerprint density at radius 3 is 0.986 bits per heavy atom. The van der Waals surface area contributed by atoms with Crippen molar-refractivity contribution < 1.29 is 0 Å². The van der Waals surface area contributed by atoms with Gasteiger partial charge in [-0.1, -0.05) is 175 Å². The first-order valence-corrected chi connectivity index (χ1v) is 23.5. The standard InChI is InChI=1S/C66H45N3/c1-45-22-30-57(31-23-45)68(59-40-53(47-14-6-2-7-15-47)38-54(41-59)48-16-8-3-9-17-48)63-36-28-51-27-35-62-64(37-29-52-26-34-61(63)65(51)66(52)62)69(58-32-24-46(44-67)25-33-58)60-42-55(49-18-10-4-11-19-49)39-56(43-60)50-20-12-5-13-21-50/h2-43H,1H3. The smallest absolute Gasteiger partial charge is 0.0991 e.